The first-order chi connectivity index (χ1) is 32.1. The number of likely N-dealkylation sites (N-methyl/N-ethyl adjacent to an activating group) is 1. The van der Waals surface area contributed by atoms with Crippen molar-refractivity contribution in [3.8, 4) is 0 Å². The Bertz CT molecular complexity index is 1170. The molecule has 0 saturated heterocycles. The number of nitrogens with zero attached hydrogens (tertiary/aromatic N) is 1. The lowest BCUT2D eigenvalue weighted by Gasteiger charge is -2.31. The van der Waals surface area contributed by atoms with Crippen molar-refractivity contribution in [3.63, 3.8) is 0 Å². The number of hydrogen-bond acceptors (Lipinski definition) is 6. The Morgan fingerprint density at radius 2 is 0.803 bits per heavy atom. The number of hydrogen-bond donors (Lipinski definition) is 1. The fraction of sp³-hybridized carbons (Fsp3) is 0.845. The molecule has 0 saturated carbocycles. The Labute approximate surface area is 408 Å². The van der Waals surface area contributed by atoms with E-state index in [4.69, 9.17) is 14.2 Å². The predicted molar refractivity (Wildman–Crippen MR) is 280 cm³/mol. The standard InChI is InChI=1S/C58H107NO7/c1-6-8-10-12-14-16-18-20-22-24-26-28-29-31-32-34-36-38-40-42-44-46-48-56(60)65-53-54(52-64-51-50-55(58(62)63)59(3,4)5)66-57(61)49-47-45-43-41-39-37-35-33-30-27-25-23-21-19-17-15-13-11-9-7-2/h14,16,20,22,26,28,54-55H,6-13,15,17-19,21,23-25,27,29-53H2,1-5H3/p+1/b16-14+,22-20+,28-26+. The summed E-state index contributed by atoms with van der Waals surface area (Å²) in [6.45, 7) is 4.75. The number of carboxylic acid groups (broad SMARTS) is 1. The second-order valence-electron chi connectivity index (χ2n) is 20.2. The Morgan fingerprint density at radius 1 is 0.455 bits per heavy atom. The molecule has 66 heavy (non-hydrogen) atoms. The summed E-state index contributed by atoms with van der Waals surface area (Å²) in [5, 5.41) is 9.67. The molecule has 0 heterocycles. The predicted octanol–water partition coefficient (Wildman–Crippen LogP) is 16.5. The number of unbranched alkanes of at least 4 members (excludes halogenated alkanes) is 31. The molecule has 0 radical (unpaired) electrons. The van der Waals surface area contributed by atoms with Crippen molar-refractivity contribution >= 4 is 17.9 Å². The zero-order valence-corrected chi connectivity index (χ0v) is 44.2. The smallest absolute Gasteiger partial charge is 0.362 e. The lowest BCUT2D eigenvalue weighted by atomic mass is 10.0. The van der Waals surface area contributed by atoms with Crippen LogP contribution in [0.5, 0.6) is 0 Å². The van der Waals surface area contributed by atoms with E-state index in [0.29, 0.717) is 19.3 Å². The van der Waals surface area contributed by atoms with Gasteiger partial charge in [-0.15, -0.1) is 0 Å². The summed E-state index contributed by atoms with van der Waals surface area (Å²) in [6, 6.07) is -0.615. The largest absolute Gasteiger partial charge is 0.477 e. The quantitative estimate of drug-likeness (QED) is 0.0281. The van der Waals surface area contributed by atoms with E-state index in [9.17, 15) is 19.5 Å². The van der Waals surface area contributed by atoms with Crippen LogP contribution in [0.2, 0.25) is 0 Å². The number of esters is 2. The van der Waals surface area contributed by atoms with Crippen LogP contribution in [0.25, 0.3) is 0 Å². The number of ether oxygens (including phenoxy) is 3. The molecule has 386 valence electrons. The molecule has 0 aromatic heterocycles. The van der Waals surface area contributed by atoms with Gasteiger partial charge < -0.3 is 23.8 Å². The molecule has 0 aromatic rings. The van der Waals surface area contributed by atoms with Crippen molar-refractivity contribution in [2.75, 3.05) is 41.0 Å². The number of carboxylic acids is 1. The second-order valence-corrected chi connectivity index (χ2v) is 20.2. The van der Waals surface area contributed by atoms with Gasteiger partial charge in [0.15, 0.2) is 12.1 Å². The number of carbonyl (C=O) groups is 3. The summed E-state index contributed by atoms with van der Waals surface area (Å²) in [5.74, 6) is -1.45. The van der Waals surface area contributed by atoms with Crippen LogP contribution in [-0.4, -0.2) is 80.6 Å². The SMILES string of the molecule is CCCCC/C=C/C/C=C/C/C=C/CCCCCCCCCCCC(=O)OCC(COCCC(C(=O)O)[N+](C)(C)C)OC(=O)CCCCCCCCCCCCCCCCCCCCCC. The first-order valence-electron chi connectivity index (χ1n) is 28.0. The maximum atomic E-state index is 12.8. The molecule has 2 atom stereocenters. The minimum absolute atomic E-state index is 0.0501. The second kappa shape index (κ2) is 49.0. The van der Waals surface area contributed by atoms with Crippen molar-refractivity contribution in [1.82, 2.24) is 0 Å². The lowest BCUT2D eigenvalue weighted by Crippen LogP contribution is -2.50. The van der Waals surface area contributed by atoms with E-state index in [1.54, 1.807) is 0 Å². The van der Waals surface area contributed by atoms with Gasteiger partial charge in [-0.1, -0.05) is 230 Å². The maximum Gasteiger partial charge on any atom is 0.362 e. The zero-order chi connectivity index (χ0) is 48.4. The number of aliphatic carboxylic acids is 1. The summed E-state index contributed by atoms with van der Waals surface area (Å²) >= 11 is 0. The van der Waals surface area contributed by atoms with Gasteiger partial charge in [0.25, 0.3) is 0 Å². The number of rotatable bonds is 51. The normalized spacial score (nSPS) is 13.0. The topological polar surface area (TPSA) is 99.1 Å². The third-order valence-corrected chi connectivity index (χ3v) is 12.8. The van der Waals surface area contributed by atoms with Gasteiger partial charge in [-0.2, -0.15) is 0 Å². The molecule has 0 aromatic carbocycles. The molecular weight excluding hydrogens is 823 g/mol. The Morgan fingerprint density at radius 3 is 1.21 bits per heavy atom. The van der Waals surface area contributed by atoms with Crippen molar-refractivity contribution < 1.29 is 38.2 Å². The van der Waals surface area contributed by atoms with Crippen molar-refractivity contribution in [2.24, 2.45) is 0 Å². The van der Waals surface area contributed by atoms with Gasteiger partial charge in [0.05, 0.1) is 34.4 Å². The Kier molecular flexibility index (Phi) is 47.2. The molecular formula is C58H108NO7+. The molecule has 0 aliphatic rings. The van der Waals surface area contributed by atoms with Crippen LogP contribution in [0.15, 0.2) is 36.5 Å². The van der Waals surface area contributed by atoms with Gasteiger partial charge in [-0.3, -0.25) is 9.59 Å². The van der Waals surface area contributed by atoms with E-state index in [-0.39, 0.29) is 36.2 Å². The van der Waals surface area contributed by atoms with Crippen LogP contribution in [0.4, 0.5) is 0 Å². The van der Waals surface area contributed by atoms with Crippen molar-refractivity contribution in [3.05, 3.63) is 36.5 Å². The first kappa shape index (κ1) is 63.5. The molecule has 0 rings (SSSR count). The fourth-order valence-corrected chi connectivity index (χ4v) is 8.45. The first-order valence-corrected chi connectivity index (χ1v) is 28.0. The third kappa shape index (κ3) is 46.7. The Balaban J connectivity index is 4.18. The molecule has 1 N–H and O–H groups in total. The van der Waals surface area contributed by atoms with Gasteiger partial charge >= 0.3 is 17.9 Å². The molecule has 0 bridgehead atoms. The lowest BCUT2D eigenvalue weighted by molar-refractivity contribution is -0.887. The van der Waals surface area contributed by atoms with Gasteiger partial charge in [0.2, 0.25) is 0 Å². The van der Waals surface area contributed by atoms with Crippen LogP contribution in [0.3, 0.4) is 0 Å². The molecule has 8 heteroatoms. The maximum absolute atomic E-state index is 12.8. The minimum Gasteiger partial charge on any atom is -0.477 e. The van der Waals surface area contributed by atoms with Gasteiger partial charge in [-0.05, 0) is 51.4 Å². The summed E-state index contributed by atoms with van der Waals surface area (Å²) < 4.78 is 17.4. The summed E-state index contributed by atoms with van der Waals surface area (Å²) in [5.41, 5.74) is 0. The third-order valence-electron chi connectivity index (χ3n) is 12.8. The van der Waals surface area contributed by atoms with E-state index in [1.807, 2.05) is 21.1 Å². The minimum atomic E-state index is -0.872. The number of quaternary nitrogens is 1. The molecule has 8 nitrogen and oxygen atoms in total. The number of allylic oxidation sites excluding steroid dienone is 6. The summed E-state index contributed by atoms with van der Waals surface area (Å²) in [4.78, 5) is 37.3. The van der Waals surface area contributed by atoms with Gasteiger partial charge in [-0.25, -0.2) is 4.79 Å². The van der Waals surface area contributed by atoms with Crippen LogP contribution in [0.1, 0.15) is 264 Å². The van der Waals surface area contributed by atoms with Crippen LogP contribution < -0.4 is 0 Å². The van der Waals surface area contributed by atoms with Crippen molar-refractivity contribution in [1.29, 1.82) is 0 Å². The Hall–Kier alpha value is -2.45. The van der Waals surface area contributed by atoms with E-state index >= 15 is 0 Å². The van der Waals surface area contributed by atoms with Crippen molar-refractivity contribution in [2.45, 2.75) is 276 Å². The van der Waals surface area contributed by atoms with Crippen LogP contribution in [-0.2, 0) is 28.6 Å². The molecule has 0 amide bonds. The highest BCUT2D eigenvalue weighted by Gasteiger charge is 2.31. The van der Waals surface area contributed by atoms with E-state index in [1.165, 1.54) is 180 Å². The summed E-state index contributed by atoms with van der Waals surface area (Å²) in [7, 11) is 5.55. The monoisotopic (exact) mass is 931 g/mol. The molecule has 0 aliphatic carbocycles. The van der Waals surface area contributed by atoms with Gasteiger partial charge in [0, 0.05) is 19.3 Å². The summed E-state index contributed by atoms with van der Waals surface area (Å²) in [6.07, 6.45) is 59.1. The highest BCUT2D eigenvalue weighted by Crippen LogP contribution is 2.17. The van der Waals surface area contributed by atoms with Crippen LogP contribution in [0, 0.1) is 0 Å². The molecule has 0 fully saturated rings. The average molecular weight is 932 g/mol. The van der Waals surface area contributed by atoms with Crippen LogP contribution >= 0.6 is 0 Å². The average Bonchev–Trinajstić information content (AvgIpc) is 3.28. The molecule has 2 unspecified atom stereocenters. The van der Waals surface area contributed by atoms with E-state index in [0.717, 1.165) is 51.4 Å². The van der Waals surface area contributed by atoms with E-state index < -0.39 is 18.1 Å². The highest BCUT2D eigenvalue weighted by molar-refractivity contribution is 5.72. The van der Waals surface area contributed by atoms with E-state index in [2.05, 4.69) is 50.3 Å². The van der Waals surface area contributed by atoms with Gasteiger partial charge in [0.1, 0.15) is 6.61 Å². The number of carbonyl (C=O) groups excluding carboxylic acids is 2. The fourth-order valence-electron chi connectivity index (χ4n) is 8.45. The zero-order valence-electron chi connectivity index (χ0n) is 44.2. The molecule has 0 aliphatic heterocycles. The molecule has 0 spiro atoms. The highest BCUT2D eigenvalue weighted by atomic mass is 16.6.